The molecule has 22 heavy (non-hydrogen) atoms. The highest BCUT2D eigenvalue weighted by atomic mass is 16.5. The van der Waals surface area contributed by atoms with Crippen molar-refractivity contribution in [1.82, 2.24) is 4.90 Å². The maximum atomic E-state index is 11.2. The van der Waals surface area contributed by atoms with Gasteiger partial charge in [0.1, 0.15) is 12.4 Å². The molecule has 1 fully saturated rings. The van der Waals surface area contributed by atoms with Crippen LogP contribution in [0.2, 0.25) is 0 Å². The van der Waals surface area contributed by atoms with Gasteiger partial charge in [-0.25, -0.2) is 0 Å². The monoisotopic (exact) mass is 307 g/mol. The Balaban J connectivity index is 1.74. The van der Waals surface area contributed by atoms with Gasteiger partial charge in [-0.15, -0.1) is 0 Å². The molecule has 2 rings (SSSR count). The quantitative estimate of drug-likeness (QED) is 0.751. The van der Waals surface area contributed by atoms with Gasteiger partial charge in [0.15, 0.2) is 0 Å². The normalized spacial score (nSPS) is 22.3. The molecule has 0 aliphatic carbocycles. The summed E-state index contributed by atoms with van der Waals surface area (Å²) in [7, 11) is 1.40. The Morgan fingerprint density at radius 2 is 1.86 bits per heavy atom. The molecule has 0 saturated carbocycles. The Morgan fingerprint density at radius 1 is 1.23 bits per heavy atom. The zero-order chi connectivity index (χ0) is 15.9. The summed E-state index contributed by atoms with van der Waals surface area (Å²) in [5.74, 6) is 0.590. The Morgan fingerprint density at radius 3 is 2.45 bits per heavy atom. The van der Waals surface area contributed by atoms with E-state index in [1.165, 1.54) is 7.11 Å². The second-order valence-corrected chi connectivity index (χ2v) is 5.76. The molecule has 5 nitrogen and oxygen atoms in total. The number of ether oxygens (including phenoxy) is 3. The third-order valence-corrected chi connectivity index (χ3v) is 3.67. The molecule has 0 N–H and O–H groups in total. The number of hydrogen-bond acceptors (Lipinski definition) is 5. The van der Waals surface area contributed by atoms with E-state index in [-0.39, 0.29) is 18.2 Å². The van der Waals surface area contributed by atoms with Gasteiger partial charge in [0.05, 0.1) is 25.7 Å². The number of esters is 1. The van der Waals surface area contributed by atoms with E-state index < -0.39 is 0 Å². The molecular formula is C17H25NO4. The number of carbonyl (C=O) groups excluding carboxylic acids is 1. The maximum Gasteiger partial charge on any atom is 0.309 e. The zero-order valence-electron chi connectivity index (χ0n) is 13.6. The molecule has 1 saturated heterocycles. The van der Waals surface area contributed by atoms with E-state index in [2.05, 4.69) is 23.5 Å². The predicted octanol–water partition coefficient (Wildman–Crippen LogP) is 1.89. The first-order chi connectivity index (χ1) is 10.6. The fourth-order valence-electron chi connectivity index (χ4n) is 2.70. The first-order valence-electron chi connectivity index (χ1n) is 7.73. The highest BCUT2D eigenvalue weighted by molar-refractivity contribution is 5.72. The number of hydrogen-bond donors (Lipinski definition) is 0. The van der Waals surface area contributed by atoms with Crippen LogP contribution in [0.3, 0.4) is 0 Å². The summed E-state index contributed by atoms with van der Waals surface area (Å²) in [6.07, 6.45) is 0.850. The van der Waals surface area contributed by atoms with Gasteiger partial charge in [-0.05, 0) is 31.5 Å². The number of carbonyl (C=O) groups is 1. The van der Waals surface area contributed by atoms with Crippen molar-refractivity contribution < 1.29 is 19.0 Å². The van der Waals surface area contributed by atoms with E-state index in [0.29, 0.717) is 13.0 Å². The molecule has 0 unspecified atom stereocenters. The Labute approximate surface area is 132 Å². The minimum atomic E-state index is -0.232. The molecule has 0 spiro atoms. The third-order valence-electron chi connectivity index (χ3n) is 3.67. The van der Waals surface area contributed by atoms with Crippen molar-refractivity contribution in [2.45, 2.75) is 32.5 Å². The van der Waals surface area contributed by atoms with E-state index >= 15 is 0 Å². The van der Waals surface area contributed by atoms with Crippen LogP contribution in [0.15, 0.2) is 24.3 Å². The smallest absolute Gasteiger partial charge is 0.309 e. The first-order valence-corrected chi connectivity index (χ1v) is 7.73. The van der Waals surface area contributed by atoms with Crippen LogP contribution in [-0.4, -0.2) is 56.4 Å². The van der Waals surface area contributed by atoms with Crippen LogP contribution in [0.5, 0.6) is 5.75 Å². The lowest BCUT2D eigenvalue weighted by Gasteiger charge is -2.35. The van der Waals surface area contributed by atoms with Crippen LogP contribution in [0.4, 0.5) is 0 Å². The molecule has 0 aromatic heterocycles. The number of morpholine rings is 1. The van der Waals surface area contributed by atoms with Gasteiger partial charge >= 0.3 is 5.97 Å². The molecule has 1 aliphatic heterocycles. The molecule has 1 aromatic carbocycles. The molecule has 0 amide bonds. The first kappa shape index (κ1) is 16.8. The highest BCUT2D eigenvalue weighted by Crippen LogP contribution is 2.14. The van der Waals surface area contributed by atoms with Crippen molar-refractivity contribution >= 4 is 5.97 Å². The van der Waals surface area contributed by atoms with Crippen LogP contribution in [0.25, 0.3) is 0 Å². The van der Waals surface area contributed by atoms with Crippen molar-refractivity contribution in [2.24, 2.45) is 0 Å². The largest absolute Gasteiger partial charge is 0.492 e. The Hall–Kier alpha value is -1.59. The maximum absolute atomic E-state index is 11.2. The summed E-state index contributed by atoms with van der Waals surface area (Å²) >= 11 is 0. The molecule has 5 heteroatoms. The van der Waals surface area contributed by atoms with Crippen molar-refractivity contribution in [3.63, 3.8) is 0 Å². The average Bonchev–Trinajstić information content (AvgIpc) is 2.48. The van der Waals surface area contributed by atoms with Gasteiger partial charge in [-0.3, -0.25) is 9.69 Å². The summed E-state index contributed by atoms with van der Waals surface area (Å²) in [5, 5.41) is 0. The van der Waals surface area contributed by atoms with Crippen molar-refractivity contribution in [3.8, 4) is 5.75 Å². The van der Waals surface area contributed by atoms with E-state index in [4.69, 9.17) is 9.47 Å². The standard InChI is InChI=1S/C17H25NO4/c1-13-11-18(12-14(2)22-13)8-9-21-16-6-4-15(5-7-16)10-17(19)20-3/h4-7,13-14H,8-12H2,1-3H3/t13-,14-/m0/s1. The fourth-order valence-corrected chi connectivity index (χ4v) is 2.70. The van der Waals surface area contributed by atoms with Gasteiger partial charge in [0.2, 0.25) is 0 Å². The molecule has 2 atom stereocenters. The lowest BCUT2D eigenvalue weighted by molar-refractivity contribution is -0.139. The summed E-state index contributed by atoms with van der Waals surface area (Å²) in [6, 6.07) is 7.57. The van der Waals surface area contributed by atoms with Gasteiger partial charge in [-0.1, -0.05) is 12.1 Å². The molecule has 122 valence electrons. The molecule has 0 radical (unpaired) electrons. The van der Waals surface area contributed by atoms with Gasteiger partial charge in [0.25, 0.3) is 0 Å². The van der Waals surface area contributed by atoms with Crippen molar-refractivity contribution in [2.75, 3.05) is 33.4 Å². The van der Waals surface area contributed by atoms with Gasteiger partial charge in [0, 0.05) is 19.6 Å². The van der Waals surface area contributed by atoms with E-state index in [0.717, 1.165) is 30.9 Å². The minimum absolute atomic E-state index is 0.232. The SMILES string of the molecule is COC(=O)Cc1ccc(OCCN2C[C@H](C)O[C@@H](C)C2)cc1. The summed E-state index contributed by atoms with van der Waals surface area (Å²) in [4.78, 5) is 13.6. The van der Waals surface area contributed by atoms with E-state index in [1.54, 1.807) is 0 Å². The van der Waals surface area contributed by atoms with Crippen molar-refractivity contribution in [1.29, 1.82) is 0 Å². The van der Waals surface area contributed by atoms with Gasteiger partial charge in [-0.2, -0.15) is 0 Å². The Bertz CT molecular complexity index is 464. The summed E-state index contributed by atoms with van der Waals surface area (Å²) < 4.78 is 16.1. The third kappa shape index (κ3) is 5.31. The van der Waals surface area contributed by atoms with Crippen LogP contribution < -0.4 is 4.74 Å². The minimum Gasteiger partial charge on any atom is -0.492 e. The molecule has 1 heterocycles. The van der Waals surface area contributed by atoms with Crippen molar-refractivity contribution in [3.05, 3.63) is 29.8 Å². The topological polar surface area (TPSA) is 48.0 Å². The number of rotatable bonds is 6. The second-order valence-electron chi connectivity index (χ2n) is 5.76. The number of methoxy groups -OCH3 is 1. The van der Waals surface area contributed by atoms with Gasteiger partial charge < -0.3 is 14.2 Å². The molecular weight excluding hydrogens is 282 g/mol. The van der Waals surface area contributed by atoms with E-state index in [9.17, 15) is 4.79 Å². The van der Waals surface area contributed by atoms with Crippen LogP contribution in [-0.2, 0) is 20.7 Å². The van der Waals surface area contributed by atoms with Crippen LogP contribution >= 0.6 is 0 Å². The summed E-state index contributed by atoms with van der Waals surface area (Å²) in [6.45, 7) is 7.64. The predicted molar refractivity (Wildman–Crippen MR) is 84.1 cm³/mol. The average molecular weight is 307 g/mol. The number of benzene rings is 1. The highest BCUT2D eigenvalue weighted by Gasteiger charge is 2.21. The second kappa shape index (κ2) is 8.15. The lowest BCUT2D eigenvalue weighted by atomic mass is 10.1. The van der Waals surface area contributed by atoms with Crippen LogP contribution in [0.1, 0.15) is 19.4 Å². The molecule has 1 aliphatic rings. The molecule has 0 bridgehead atoms. The molecule has 1 aromatic rings. The fraction of sp³-hybridized carbons (Fsp3) is 0.588. The lowest BCUT2D eigenvalue weighted by Crippen LogP contribution is -2.46. The summed E-state index contributed by atoms with van der Waals surface area (Å²) in [5.41, 5.74) is 0.926. The van der Waals surface area contributed by atoms with Crippen LogP contribution in [0, 0.1) is 0 Å². The number of nitrogens with zero attached hydrogens (tertiary/aromatic N) is 1. The zero-order valence-corrected chi connectivity index (χ0v) is 13.6. The van der Waals surface area contributed by atoms with E-state index in [1.807, 2.05) is 24.3 Å². The Kier molecular flexibility index (Phi) is 6.21.